The third-order valence-electron chi connectivity index (χ3n) is 4.78. The Kier molecular flexibility index (Phi) is 4.92. The predicted molar refractivity (Wildman–Crippen MR) is 112 cm³/mol. The van der Waals surface area contributed by atoms with Gasteiger partial charge in [0.05, 0.1) is 6.04 Å². The number of carbonyl (C=O) groups is 2. The van der Waals surface area contributed by atoms with Crippen molar-refractivity contribution in [1.29, 1.82) is 0 Å². The van der Waals surface area contributed by atoms with Crippen LogP contribution < -0.4 is 4.90 Å². The Morgan fingerprint density at radius 1 is 1.00 bits per heavy atom. The number of fused-ring (bicyclic) bond motifs is 1. The number of benzene rings is 1. The third-order valence-corrected chi connectivity index (χ3v) is 4.78. The summed E-state index contributed by atoms with van der Waals surface area (Å²) in [5, 5.41) is 0. The average Bonchev–Trinajstić information content (AvgIpc) is 2.74. The molecule has 5 nitrogen and oxygen atoms in total. The van der Waals surface area contributed by atoms with Crippen LogP contribution in [0.1, 0.15) is 25.0 Å². The molecule has 0 saturated carbocycles. The van der Waals surface area contributed by atoms with Gasteiger partial charge in [0.2, 0.25) is 5.82 Å². The Morgan fingerprint density at radius 2 is 1.76 bits per heavy atom. The number of aromatic nitrogens is 1. The highest BCUT2D eigenvalue weighted by molar-refractivity contribution is 6.25. The number of hydrogen-bond acceptors (Lipinski definition) is 3. The number of nitrogens with zero attached hydrogens (tertiary/aromatic N) is 3. The van der Waals surface area contributed by atoms with E-state index in [2.05, 4.69) is 16.8 Å². The SMILES string of the molecule is CC(C)[N+]1=C2C=CC=CC2C(=O)N(c2ccc(C#Cc3ccccc3)cn2)C1=O. The molecule has 1 aliphatic heterocycles. The highest BCUT2D eigenvalue weighted by atomic mass is 16.2. The minimum atomic E-state index is -0.487. The number of anilines is 1. The van der Waals surface area contributed by atoms with Crippen molar-refractivity contribution < 1.29 is 14.2 Å². The molecular formula is C24H20N3O2+. The van der Waals surface area contributed by atoms with Gasteiger partial charge >= 0.3 is 11.9 Å². The van der Waals surface area contributed by atoms with Crippen molar-refractivity contribution in [3.63, 3.8) is 0 Å². The van der Waals surface area contributed by atoms with Gasteiger partial charge in [-0.25, -0.2) is 9.78 Å². The van der Waals surface area contributed by atoms with Gasteiger partial charge < -0.3 is 0 Å². The van der Waals surface area contributed by atoms with Crippen molar-refractivity contribution in [2.24, 2.45) is 5.92 Å². The molecule has 0 fully saturated rings. The van der Waals surface area contributed by atoms with E-state index in [1.807, 2.05) is 68.5 Å². The van der Waals surface area contributed by atoms with Crippen molar-refractivity contribution >= 4 is 23.5 Å². The standard InChI is InChI=1S/C24H20N3O2/c1-17(2)26-21-11-7-6-10-20(21)23(28)27(24(26)29)22-15-14-19(16-25-22)13-12-18-8-4-3-5-9-18/h3-11,14-17,20H,1-2H3/q+1. The van der Waals surface area contributed by atoms with Crippen LogP contribution in [0.15, 0.2) is 73.0 Å². The number of rotatable bonds is 2. The number of amides is 3. The van der Waals surface area contributed by atoms with Gasteiger partial charge in [-0.1, -0.05) is 48.3 Å². The molecule has 5 heteroatoms. The van der Waals surface area contributed by atoms with Crippen molar-refractivity contribution in [2.45, 2.75) is 19.9 Å². The molecule has 1 aromatic carbocycles. The van der Waals surface area contributed by atoms with Crippen LogP contribution in [0.4, 0.5) is 10.6 Å². The monoisotopic (exact) mass is 382 g/mol. The Bertz CT molecular complexity index is 1110. The zero-order valence-corrected chi connectivity index (χ0v) is 16.2. The van der Waals surface area contributed by atoms with Gasteiger partial charge in [0, 0.05) is 23.4 Å². The second-order valence-corrected chi connectivity index (χ2v) is 7.09. The molecule has 0 saturated heterocycles. The summed E-state index contributed by atoms with van der Waals surface area (Å²) < 4.78 is 1.65. The highest BCUT2D eigenvalue weighted by Crippen LogP contribution is 2.25. The quantitative estimate of drug-likeness (QED) is 0.590. The van der Waals surface area contributed by atoms with Crippen LogP contribution in [0.5, 0.6) is 0 Å². The number of pyridine rings is 1. The van der Waals surface area contributed by atoms with Gasteiger partial charge in [0.25, 0.3) is 0 Å². The molecular weight excluding hydrogens is 362 g/mol. The first-order chi connectivity index (χ1) is 14.1. The average molecular weight is 382 g/mol. The van der Waals surface area contributed by atoms with Gasteiger partial charge in [-0.05, 0) is 38.1 Å². The molecule has 142 valence electrons. The number of imide groups is 1. The summed E-state index contributed by atoms with van der Waals surface area (Å²) in [5.41, 5.74) is 2.33. The number of carbonyl (C=O) groups excluding carboxylic acids is 2. The first kappa shape index (κ1) is 18.6. The fraction of sp³-hybridized carbons (Fsp3) is 0.167. The molecule has 29 heavy (non-hydrogen) atoms. The minimum Gasteiger partial charge on any atom is -0.245 e. The maximum absolute atomic E-state index is 13.1. The van der Waals surface area contributed by atoms with Crippen LogP contribution in [0.2, 0.25) is 0 Å². The molecule has 2 aromatic rings. The Balaban J connectivity index is 1.66. The molecule has 4 rings (SSSR count). The van der Waals surface area contributed by atoms with E-state index in [1.165, 1.54) is 0 Å². The van der Waals surface area contributed by atoms with Gasteiger partial charge in [-0.2, -0.15) is 9.37 Å². The number of hydrogen-bond donors (Lipinski definition) is 0. The van der Waals surface area contributed by atoms with Crippen LogP contribution >= 0.6 is 0 Å². The Morgan fingerprint density at radius 3 is 2.45 bits per heavy atom. The molecule has 0 bridgehead atoms. The molecule has 1 aliphatic carbocycles. The third kappa shape index (κ3) is 3.53. The van der Waals surface area contributed by atoms with Crippen molar-refractivity contribution in [3.8, 4) is 11.8 Å². The zero-order valence-electron chi connectivity index (χ0n) is 16.2. The Labute approximate surface area is 169 Å². The van der Waals surface area contributed by atoms with Crippen LogP contribution in [0.3, 0.4) is 0 Å². The molecule has 2 aliphatic rings. The lowest BCUT2D eigenvalue weighted by Crippen LogP contribution is -2.56. The number of urea groups is 1. The van der Waals surface area contributed by atoms with Crippen LogP contribution in [0.25, 0.3) is 0 Å². The molecule has 2 heterocycles. The second-order valence-electron chi connectivity index (χ2n) is 7.09. The van der Waals surface area contributed by atoms with E-state index >= 15 is 0 Å². The highest BCUT2D eigenvalue weighted by Gasteiger charge is 2.49. The summed E-state index contributed by atoms with van der Waals surface area (Å²) in [5.74, 6) is 5.64. The summed E-state index contributed by atoms with van der Waals surface area (Å²) in [6, 6.07) is 12.6. The van der Waals surface area contributed by atoms with E-state index in [0.717, 1.165) is 10.5 Å². The molecule has 0 N–H and O–H groups in total. The van der Waals surface area contributed by atoms with Crippen LogP contribution in [-0.4, -0.2) is 33.3 Å². The first-order valence-corrected chi connectivity index (χ1v) is 9.48. The van der Waals surface area contributed by atoms with Gasteiger partial charge in [0.1, 0.15) is 11.6 Å². The maximum atomic E-state index is 13.1. The summed E-state index contributed by atoms with van der Waals surface area (Å²) >= 11 is 0. The summed E-state index contributed by atoms with van der Waals surface area (Å²) in [4.78, 5) is 31.7. The largest absolute Gasteiger partial charge is 0.507 e. The normalized spacial score (nSPS) is 18.0. The van der Waals surface area contributed by atoms with Crippen LogP contribution in [0, 0.1) is 17.8 Å². The fourth-order valence-electron chi connectivity index (χ4n) is 3.41. The lowest BCUT2D eigenvalue weighted by molar-refractivity contribution is -0.463. The first-order valence-electron chi connectivity index (χ1n) is 9.48. The smallest absolute Gasteiger partial charge is 0.245 e. The molecule has 1 unspecified atom stereocenters. The van der Waals surface area contributed by atoms with Crippen molar-refractivity contribution in [2.75, 3.05) is 4.90 Å². The number of allylic oxidation sites excluding steroid dienone is 3. The Hall–Kier alpha value is -3.78. The second kappa shape index (κ2) is 7.69. The van der Waals surface area contributed by atoms with E-state index in [4.69, 9.17) is 0 Å². The summed E-state index contributed by atoms with van der Waals surface area (Å²) in [6.45, 7) is 3.86. The summed E-state index contributed by atoms with van der Waals surface area (Å²) in [6.07, 6.45) is 8.89. The zero-order chi connectivity index (χ0) is 20.4. The van der Waals surface area contributed by atoms with Gasteiger partial charge in [-0.15, -0.1) is 4.90 Å². The summed E-state index contributed by atoms with van der Waals surface area (Å²) in [7, 11) is 0. The van der Waals surface area contributed by atoms with Crippen molar-refractivity contribution in [3.05, 3.63) is 84.1 Å². The van der Waals surface area contributed by atoms with Gasteiger partial charge in [0.15, 0.2) is 0 Å². The lowest BCUT2D eigenvalue weighted by Gasteiger charge is -2.27. The predicted octanol–water partition coefficient (Wildman–Crippen LogP) is 3.55. The van der Waals surface area contributed by atoms with E-state index in [9.17, 15) is 9.59 Å². The van der Waals surface area contributed by atoms with Crippen LogP contribution in [-0.2, 0) is 4.79 Å². The molecule has 1 aromatic heterocycles. The molecule has 3 amide bonds. The van der Waals surface area contributed by atoms with E-state index < -0.39 is 5.92 Å². The maximum Gasteiger partial charge on any atom is 0.507 e. The molecule has 1 atom stereocenters. The van der Waals surface area contributed by atoms with E-state index in [-0.39, 0.29) is 18.0 Å². The van der Waals surface area contributed by atoms with Gasteiger partial charge in [-0.3, -0.25) is 0 Å². The topological polar surface area (TPSA) is 53.3 Å². The van der Waals surface area contributed by atoms with Crippen molar-refractivity contribution in [1.82, 2.24) is 4.98 Å². The van der Waals surface area contributed by atoms with E-state index in [0.29, 0.717) is 17.1 Å². The molecule has 0 spiro atoms. The molecule has 0 radical (unpaired) electrons. The fourth-order valence-corrected chi connectivity index (χ4v) is 3.41. The lowest BCUT2D eigenvalue weighted by atomic mass is 9.94. The minimum absolute atomic E-state index is 0.0808. The van der Waals surface area contributed by atoms with E-state index in [1.54, 1.807) is 22.9 Å².